The highest BCUT2D eigenvalue weighted by Crippen LogP contribution is 2.29. The third-order valence-corrected chi connectivity index (χ3v) is 3.05. The van der Waals surface area contributed by atoms with Crippen molar-refractivity contribution in [2.75, 3.05) is 0 Å². The Morgan fingerprint density at radius 3 is 2.56 bits per heavy atom. The third-order valence-electron chi connectivity index (χ3n) is 2.76. The molecule has 1 aliphatic carbocycles. The van der Waals surface area contributed by atoms with Crippen molar-refractivity contribution in [2.24, 2.45) is 0 Å². The van der Waals surface area contributed by atoms with E-state index in [-0.39, 0.29) is 0 Å². The minimum atomic E-state index is 0.303. The molecular formula is C13H17IO2. The summed E-state index contributed by atoms with van der Waals surface area (Å²) in [5, 5.41) is 0. The number of ether oxygens (including phenoxy) is 2. The van der Waals surface area contributed by atoms with Crippen molar-refractivity contribution in [3.05, 3.63) is 35.9 Å². The minimum Gasteiger partial charge on any atom is -0.373 e. The number of alkyl halides is 1. The van der Waals surface area contributed by atoms with Gasteiger partial charge in [-0.05, 0) is 12.5 Å². The van der Waals surface area contributed by atoms with Gasteiger partial charge in [0.05, 0.1) is 18.8 Å². The standard InChI is InChI=1S/C13H17IO2/c1-10(14)16-13-7-12(8-13)15-9-11-5-3-2-4-6-11/h2-6,10,12-13H,7-9H2,1H3/t10-,12-,13+/m0/s1. The summed E-state index contributed by atoms with van der Waals surface area (Å²) < 4.78 is 11.8. The van der Waals surface area contributed by atoms with Crippen LogP contribution in [-0.2, 0) is 16.1 Å². The number of hydrogen-bond acceptors (Lipinski definition) is 2. The summed E-state index contributed by atoms with van der Waals surface area (Å²) in [5.41, 5.74) is 1.24. The molecular weight excluding hydrogens is 315 g/mol. The van der Waals surface area contributed by atoms with Gasteiger partial charge >= 0.3 is 0 Å². The van der Waals surface area contributed by atoms with Gasteiger partial charge in [-0.25, -0.2) is 0 Å². The van der Waals surface area contributed by atoms with E-state index in [0.717, 1.165) is 19.4 Å². The topological polar surface area (TPSA) is 18.5 Å². The molecule has 1 fully saturated rings. The predicted molar refractivity (Wildman–Crippen MR) is 72.6 cm³/mol. The molecule has 0 amide bonds. The summed E-state index contributed by atoms with van der Waals surface area (Å²) in [6.45, 7) is 2.79. The Morgan fingerprint density at radius 2 is 1.94 bits per heavy atom. The first kappa shape index (κ1) is 12.3. The fourth-order valence-corrected chi connectivity index (χ4v) is 2.23. The second-order valence-corrected chi connectivity index (χ2v) is 5.95. The third kappa shape index (κ3) is 3.71. The molecule has 2 rings (SSSR count). The van der Waals surface area contributed by atoms with E-state index in [4.69, 9.17) is 9.47 Å². The van der Waals surface area contributed by atoms with E-state index in [0.29, 0.717) is 16.3 Å². The summed E-state index contributed by atoms with van der Waals surface area (Å²) >= 11 is 2.29. The molecule has 0 aromatic heterocycles. The van der Waals surface area contributed by atoms with Crippen molar-refractivity contribution >= 4 is 22.6 Å². The van der Waals surface area contributed by atoms with Crippen LogP contribution in [0.1, 0.15) is 25.3 Å². The fraction of sp³-hybridized carbons (Fsp3) is 0.538. The molecule has 1 aromatic rings. The SMILES string of the molecule is C[C@@H](I)O[C@H]1C[C@@H](OCc2ccccc2)C1. The summed E-state index contributed by atoms with van der Waals surface area (Å²) in [6, 6.07) is 10.3. The Hall–Kier alpha value is -0.130. The van der Waals surface area contributed by atoms with Gasteiger partial charge in [0.15, 0.2) is 0 Å². The molecule has 0 unspecified atom stereocenters. The lowest BCUT2D eigenvalue weighted by atomic mass is 9.92. The lowest BCUT2D eigenvalue weighted by Crippen LogP contribution is -2.38. The first-order valence-corrected chi connectivity index (χ1v) is 6.93. The Morgan fingerprint density at radius 1 is 1.25 bits per heavy atom. The van der Waals surface area contributed by atoms with E-state index < -0.39 is 0 Å². The first-order valence-electron chi connectivity index (χ1n) is 5.69. The second kappa shape index (κ2) is 5.98. The molecule has 1 aromatic carbocycles. The van der Waals surface area contributed by atoms with Gasteiger partial charge in [0.25, 0.3) is 0 Å². The smallest absolute Gasteiger partial charge is 0.106 e. The van der Waals surface area contributed by atoms with Crippen LogP contribution in [0.25, 0.3) is 0 Å². The molecule has 0 N–H and O–H groups in total. The van der Waals surface area contributed by atoms with Crippen LogP contribution in [0, 0.1) is 0 Å². The molecule has 16 heavy (non-hydrogen) atoms. The molecule has 1 saturated carbocycles. The molecule has 3 heteroatoms. The largest absolute Gasteiger partial charge is 0.373 e. The van der Waals surface area contributed by atoms with Crippen LogP contribution < -0.4 is 0 Å². The Bertz CT molecular complexity index is 307. The maximum atomic E-state index is 5.79. The van der Waals surface area contributed by atoms with Crippen molar-refractivity contribution in [1.82, 2.24) is 0 Å². The molecule has 0 saturated heterocycles. The molecule has 0 bridgehead atoms. The van der Waals surface area contributed by atoms with Crippen LogP contribution in [-0.4, -0.2) is 16.3 Å². The van der Waals surface area contributed by atoms with Gasteiger partial charge in [-0.1, -0.05) is 52.9 Å². The summed E-state index contributed by atoms with van der Waals surface area (Å²) in [7, 11) is 0. The zero-order chi connectivity index (χ0) is 11.4. The molecule has 0 heterocycles. The van der Waals surface area contributed by atoms with E-state index in [1.165, 1.54) is 5.56 Å². The second-order valence-electron chi connectivity index (χ2n) is 4.19. The van der Waals surface area contributed by atoms with Crippen LogP contribution in [0.2, 0.25) is 0 Å². The number of rotatable bonds is 5. The number of benzene rings is 1. The summed E-state index contributed by atoms with van der Waals surface area (Å²) in [5.74, 6) is 0. The molecule has 88 valence electrons. The van der Waals surface area contributed by atoms with Crippen molar-refractivity contribution in [3.63, 3.8) is 0 Å². The monoisotopic (exact) mass is 332 g/mol. The molecule has 0 radical (unpaired) electrons. The van der Waals surface area contributed by atoms with E-state index >= 15 is 0 Å². The summed E-state index contributed by atoms with van der Waals surface area (Å²) in [4.78, 5) is 0. The molecule has 1 aliphatic rings. The maximum absolute atomic E-state index is 5.79. The van der Waals surface area contributed by atoms with Crippen molar-refractivity contribution in [1.29, 1.82) is 0 Å². The quantitative estimate of drug-likeness (QED) is 0.607. The van der Waals surface area contributed by atoms with Crippen LogP contribution in [0.5, 0.6) is 0 Å². The van der Waals surface area contributed by atoms with Gasteiger partial charge in [-0.3, -0.25) is 0 Å². The van der Waals surface area contributed by atoms with E-state index in [1.807, 2.05) is 18.2 Å². The van der Waals surface area contributed by atoms with Gasteiger partial charge in [0, 0.05) is 12.8 Å². The predicted octanol–water partition coefficient (Wildman–Crippen LogP) is 3.53. The first-order chi connectivity index (χ1) is 7.74. The van der Waals surface area contributed by atoms with Crippen molar-refractivity contribution in [3.8, 4) is 0 Å². The lowest BCUT2D eigenvalue weighted by Gasteiger charge is -2.35. The van der Waals surface area contributed by atoms with Gasteiger partial charge in [0.1, 0.15) is 4.11 Å². The molecule has 0 spiro atoms. The zero-order valence-corrected chi connectivity index (χ0v) is 11.6. The average Bonchev–Trinajstić information content (AvgIpc) is 2.22. The minimum absolute atomic E-state index is 0.303. The number of hydrogen-bond donors (Lipinski definition) is 0. The van der Waals surface area contributed by atoms with Crippen molar-refractivity contribution < 1.29 is 9.47 Å². The zero-order valence-electron chi connectivity index (χ0n) is 9.43. The van der Waals surface area contributed by atoms with E-state index in [1.54, 1.807) is 0 Å². The lowest BCUT2D eigenvalue weighted by molar-refractivity contribution is -0.107. The van der Waals surface area contributed by atoms with Gasteiger partial charge in [-0.15, -0.1) is 0 Å². The van der Waals surface area contributed by atoms with Gasteiger partial charge < -0.3 is 9.47 Å². The normalized spacial score (nSPS) is 26.1. The van der Waals surface area contributed by atoms with E-state index in [9.17, 15) is 0 Å². The van der Waals surface area contributed by atoms with Gasteiger partial charge in [-0.2, -0.15) is 0 Å². The van der Waals surface area contributed by atoms with E-state index in [2.05, 4.69) is 41.6 Å². The Labute approximate surface area is 110 Å². The highest BCUT2D eigenvalue weighted by molar-refractivity contribution is 14.1. The van der Waals surface area contributed by atoms with Crippen LogP contribution in [0.15, 0.2) is 30.3 Å². The highest BCUT2D eigenvalue weighted by Gasteiger charge is 2.31. The van der Waals surface area contributed by atoms with Crippen LogP contribution in [0.3, 0.4) is 0 Å². The highest BCUT2D eigenvalue weighted by atomic mass is 127. The number of halogens is 1. The van der Waals surface area contributed by atoms with Crippen molar-refractivity contribution in [2.45, 2.75) is 42.7 Å². The molecule has 0 aliphatic heterocycles. The summed E-state index contributed by atoms with van der Waals surface area (Å²) in [6.07, 6.45) is 2.88. The molecule has 1 atom stereocenters. The van der Waals surface area contributed by atoms with Crippen LogP contribution >= 0.6 is 22.6 Å². The average molecular weight is 332 g/mol. The van der Waals surface area contributed by atoms with Gasteiger partial charge in [0.2, 0.25) is 0 Å². The Balaban J connectivity index is 1.63. The fourth-order valence-electron chi connectivity index (χ4n) is 1.82. The van der Waals surface area contributed by atoms with Crippen LogP contribution in [0.4, 0.5) is 0 Å². The maximum Gasteiger partial charge on any atom is 0.106 e. The Kier molecular flexibility index (Phi) is 4.61. The molecule has 2 nitrogen and oxygen atoms in total.